The van der Waals surface area contributed by atoms with Crippen LogP contribution in [0.15, 0.2) is 58.3 Å². The zero-order chi connectivity index (χ0) is 29.7. The lowest BCUT2D eigenvalue weighted by molar-refractivity contribution is -0.150. The summed E-state index contributed by atoms with van der Waals surface area (Å²) in [5.74, 6) is -0.223. The van der Waals surface area contributed by atoms with Crippen molar-refractivity contribution in [2.24, 2.45) is 17.0 Å². The third kappa shape index (κ3) is 6.82. The Morgan fingerprint density at radius 3 is 2.59 bits per heavy atom. The van der Waals surface area contributed by atoms with Crippen molar-refractivity contribution in [1.29, 1.82) is 10.8 Å². The quantitative estimate of drug-likeness (QED) is 0.138. The maximum Gasteiger partial charge on any atom is 0.360 e. The number of anilines is 2. The first kappa shape index (κ1) is 29.5. The first-order valence-corrected chi connectivity index (χ1v) is 14.0. The average Bonchev–Trinajstić information content (AvgIpc) is 3.29. The van der Waals surface area contributed by atoms with Gasteiger partial charge in [-0.05, 0) is 63.3 Å². The van der Waals surface area contributed by atoms with Crippen LogP contribution in [0, 0.1) is 28.7 Å². The molecular formula is C30H38N8O3. The van der Waals surface area contributed by atoms with Gasteiger partial charge in [-0.15, -0.1) is 5.11 Å². The number of nitrogens with zero attached hydrogens (tertiary/aromatic N) is 4. The number of aromatic nitrogens is 3. The van der Waals surface area contributed by atoms with Crippen LogP contribution in [0.1, 0.15) is 77.9 Å². The normalized spacial score (nSPS) is 18.5. The maximum absolute atomic E-state index is 12.8. The van der Waals surface area contributed by atoms with E-state index in [1.165, 1.54) is 6.20 Å². The second kappa shape index (κ2) is 12.4. The molecular weight excluding hydrogens is 520 g/mol. The van der Waals surface area contributed by atoms with Gasteiger partial charge in [0, 0.05) is 18.1 Å². The van der Waals surface area contributed by atoms with E-state index in [-0.39, 0.29) is 35.2 Å². The van der Waals surface area contributed by atoms with Crippen LogP contribution in [-0.2, 0) is 9.53 Å². The molecule has 0 amide bonds. The molecule has 0 saturated heterocycles. The molecule has 1 aliphatic rings. The second-order valence-electron chi connectivity index (χ2n) is 11.7. The van der Waals surface area contributed by atoms with Gasteiger partial charge in [0.15, 0.2) is 11.5 Å². The van der Waals surface area contributed by atoms with E-state index >= 15 is 0 Å². The number of carbonyl (C=O) groups is 1. The molecule has 0 aliphatic heterocycles. The Labute approximate surface area is 239 Å². The minimum absolute atomic E-state index is 0.0806. The largest absolute Gasteiger partial charge is 0.455 e. The fraction of sp³-hybridized carbons (Fsp3) is 0.467. The fourth-order valence-corrected chi connectivity index (χ4v) is 5.21. The number of pyridine rings is 1. The Kier molecular flexibility index (Phi) is 8.91. The predicted molar refractivity (Wildman–Crippen MR) is 156 cm³/mol. The molecule has 2 heterocycles. The number of nitrogens with one attached hydrogen (secondary N) is 4. The molecule has 4 rings (SSSR count). The van der Waals surface area contributed by atoms with Crippen molar-refractivity contribution < 1.29 is 9.53 Å². The number of fused-ring (bicyclic) bond motifs is 1. The van der Waals surface area contributed by atoms with Crippen LogP contribution < -0.4 is 16.2 Å². The third-order valence-corrected chi connectivity index (χ3v) is 7.17. The average molecular weight is 559 g/mol. The highest BCUT2D eigenvalue weighted by atomic mass is 16.6. The first-order chi connectivity index (χ1) is 19.5. The number of rotatable bonds is 9. The molecule has 2 aromatic heterocycles. The first-order valence-electron chi connectivity index (χ1n) is 14.0. The molecule has 0 spiro atoms. The molecule has 1 unspecified atom stereocenters. The number of esters is 1. The van der Waals surface area contributed by atoms with E-state index in [0.29, 0.717) is 16.7 Å². The van der Waals surface area contributed by atoms with Crippen LogP contribution in [0.5, 0.6) is 0 Å². The number of hydrogen-bond donors (Lipinski definition) is 4. The molecule has 216 valence electrons. The van der Waals surface area contributed by atoms with E-state index < -0.39 is 11.6 Å². The van der Waals surface area contributed by atoms with Gasteiger partial charge < -0.3 is 20.4 Å². The van der Waals surface area contributed by atoms with Gasteiger partial charge >= 0.3 is 5.97 Å². The molecule has 1 fully saturated rings. The van der Waals surface area contributed by atoms with Crippen molar-refractivity contribution >= 4 is 28.4 Å². The number of hydrogen-bond acceptors (Lipinski definition) is 9. The lowest BCUT2D eigenvalue weighted by atomic mass is 9.85. The molecule has 3 aromatic rings. The summed E-state index contributed by atoms with van der Waals surface area (Å²) in [5, 5.41) is 24.9. The lowest BCUT2D eigenvalue weighted by Gasteiger charge is -2.27. The van der Waals surface area contributed by atoms with E-state index in [1.54, 1.807) is 27.0 Å². The molecule has 4 N–H and O–H groups in total. The smallest absolute Gasteiger partial charge is 0.360 e. The van der Waals surface area contributed by atoms with E-state index in [4.69, 9.17) is 15.4 Å². The fourth-order valence-electron chi connectivity index (χ4n) is 5.21. The molecule has 41 heavy (non-hydrogen) atoms. The highest BCUT2D eigenvalue weighted by Crippen LogP contribution is 2.36. The van der Waals surface area contributed by atoms with Crippen LogP contribution in [0.25, 0.3) is 10.9 Å². The molecule has 0 bridgehead atoms. The molecule has 3 atom stereocenters. The number of aromatic amines is 1. The Hall–Kier alpha value is -4.46. The van der Waals surface area contributed by atoms with Crippen molar-refractivity contribution in [3.63, 3.8) is 0 Å². The number of benzene rings is 1. The summed E-state index contributed by atoms with van der Waals surface area (Å²) in [4.78, 5) is 28.0. The van der Waals surface area contributed by atoms with Crippen LogP contribution >= 0.6 is 0 Å². The SMILES string of the molecule is CC(C)C(N/C=C(\N=N)C(=O)OC(C)(C)C)c1ccc(Nc2nn([C@H]3CCCC[C@@H]3C#N)c3cc[nH]c(=O)c23)cc1. The maximum atomic E-state index is 12.8. The van der Waals surface area contributed by atoms with Crippen LogP contribution in [0.2, 0.25) is 0 Å². The van der Waals surface area contributed by atoms with E-state index in [2.05, 4.69) is 26.8 Å². The Morgan fingerprint density at radius 2 is 1.95 bits per heavy atom. The van der Waals surface area contributed by atoms with Gasteiger partial charge in [-0.1, -0.05) is 38.8 Å². The van der Waals surface area contributed by atoms with Crippen molar-refractivity contribution in [3.05, 3.63) is 64.3 Å². The summed E-state index contributed by atoms with van der Waals surface area (Å²) in [6.45, 7) is 9.37. The Morgan fingerprint density at radius 1 is 1.24 bits per heavy atom. The zero-order valence-corrected chi connectivity index (χ0v) is 24.2. The minimum atomic E-state index is -0.693. The van der Waals surface area contributed by atoms with E-state index in [9.17, 15) is 14.9 Å². The van der Waals surface area contributed by atoms with Gasteiger partial charge in [0.05, 0.1) is 29.6 Å². The predicted octanol–water partition coefficient (Wildman–Crippen LogP) is 6.22. The molecule has 11 heteroatoms. The standard InChI is InChI=1S/C30H38N8O3/c1-18(2)26(34-17-22(36-32)29(40)41-30(3,4)5)19-10-12-21(13-11-19)35-27-25-24(14-15-33-28(25)39)38(37-27)23-9-7-6-8-20(23)16-31/h10-15,17-18,20,23,26,32,34H,6-9H2,1-5H3,(H,33,39)(H,35,37)/b22-17-,36-32?/t20-,23+,26?/m1/s1. The van der Waals surface area contributed by atoms with E-state index in [0.717, 1.165) is 36.9 Å². The van der Waals surface area contributed by atoms with Crippen LogP contribution in [-0.4, -0.2) is 26.3 Å². The topological polar surface area (TPSA) is 161 Å². The number of carbonyl (C=O) groups excluding carboxylic acids is 1. The second-order valence-corrected chi connectivity index (χ2v) is 11.7. The highest BCUT2D eigenvalue weighted by molar-refractivity contribution is 5.91. The molecule has 11 nitrogen and oxygen atoms in total. The van der Waals surface area contributed by atoms with Gasteiger partial charge in [0.25, 0.3) is 5.56 Å². The Bertz CT molecular complexity index is 1520. The summed E-state index contributed by atoms with van der Waals surface area (Å²) in [6, 6.07) is 11.7. The van der Waals surface area contributed by atoms with Crippen LogP contribution in [0.4, 0.5) is 11.5 Å². The van der Waals surface area contributed by atoms with Crippen molar-refractivity contribution in [2.45, 2.75) is 78.0 Å². The van der Waals surface area contributed by atoms with E-state index in [1.807, 2.05) is 48.9 Å². The minimum Gasteiger partial charge on any atom is -0.455 e. The molecule has 1 saturated carbocycles. The van der Waals surface area contributed by atoms with Gasteiger partial charge in [-0.25, -0.2) is 10.3 Å². The van der Waals surface area contributed by atoms with Gasteiger partial charge in [0.2, 0.25) is 0 Å². The zero-order valence-electron chi connectivity index (χ0n) is 24.2. The molecule has 0 radical (unpaired) electrons. The van der Waals surface area contributed by atoms with Crippen molar-refractivity contribution in [3.8, 4) is 6.07 Å². The van der Waals surface area contributed by atoms with Crippen LogP contribution in [0.3, 0.4) is 0 Å². The van der Waals surface area contributed by atoms with Gasteiger partial charge in [-0.3, -0.25) is 9.48 Å². The monoisotopic (exact) mass is 558 g/mol. The van der Waals surface area contributed by atoms with Crippen molar-refractivity contribution in [1.82, 2.24) is 20.1 Å². The van der Waals surface area contributed by atoms with Crippen molar-refractivity contribution in [2.75, 3.05) is 5.32 Å². The Balaban J connectivity index is 1.58. The molecule has 1 aromatic carbocycles. The summed E-state index contributed by atoms with van der Waals surface area (Å²) in [5.41, 5.74) is 8.77. The summed E-state index contributed by atoms with van der Waals surface area (Å²) in [6.07, 6.45) is 6.74. The third-order valence-electron chi connectivity index (χ3n) is 7.17. The summed E-state index contributed by atoms with van der Waals surface area (Å²) < 4.78 is 7.18. The lowest BCUT2D eigenvalue weighted by Crippen LogP contribution is -2.26. The molecule has 1 aliphatic carbocycles. The van der Waals surface area contributed by atoms with Gasteiger partial charge in [-0.2, -0.15) is 10.4 Å². The highest BCUT2D eigenvalue weighted by Gasteiger charge is 2.30. The summed E-state index contributed by atoms with van der Waals surface area (Å²) in [7, 11) is 0. The summed E-state index contributed by atoms with van der Waals surface area (Å²) >= 11 is 0. The number of nitriles is 1. The van der Waals surface area contributed by atoms with Gasteiger partial charge in [0.1, 0.15) is 11.0 Å². The number of H-pyrrole nitrogens is 1. The number of ether oxygens (including phenoxy) is 1.